The Morgan fingerprint density at radius 1 is 0.581 bits per heavy atom. The molecule has 43 heavy (non-hydrogen) atoms. The van der Waals surface area contributed by atoms with Crippen molar-refractivity contribution in [2.45, 2.75) is 47.5 Å². The topological polar surface area (TPSA) is 0 Å². The number of benzene rings is 4. The molecular weight excluding hydrogens is 659 g/mol. The van der Waals surface area contributed by atoms with E-state index >= 15 is 0 Å². The van der Waals surface area contributed by atoms with Gasteiger partial charge >= 0.3 is 30.2 Å². The van der Waals surface area contributed by atoms with Crippen LogP contribution in [-0.2, 0) is 23.3 Å². The van der Waals surface area contributed by atoms with Crippen molar-refractivity contribution in [2.24, 2.45) is 0 Å². The molecule has 0 nitrogen and oxygen atoms in total. The van der Waals surface area contributed by atoms with Crippen LogP contribution in [0, 0.1) is 42.5 Å². The van der Waals surface area contributed by atoms with Crippen LogP contribution in [0.1, 0.15) is 47.6 Å². The van der Waals surface area contributed by atoms with Crippen molar-refractivity contribution >= 4 is 53.2 Å². The molecule has 0 saturated heterocycles. The third-order valence-corrected chi connectivity index (χ3v) is 7.32. The summed E-state index contributed by atoms with van der Waals surface area (Å²) in [5, 5.41) is 5.44. The SMILES string of the molecule is CC(C)c1cc2c(-c3ccccc3)cccc2[cH-]1.Cc1ccc(C)c(-c2cc(C)cc3[cH-]c(C)cc23)c1.Cl.Cl.[CH3-].[CH3-].[Si]=[Zr]. The first-order valence-corrected chi connectivity index (χ1v) is 17.7. The normalized spacial score (nSPS) is 9.72. The maximum atomic E-state index is 3.06. The Morgan fingerprint density at radius 3 is 1.86 bits per heavy atom. The Bertz CT molecular complexity index is 1710. The van der Waals surface area contributed by atoms with Gasteiger partial charge in [-0.1, -0.05) is 104 Å². The van der Waals surface area contributed by atoms with Crippen LogP contribution in [0.4, 0.5) is 0 Å². The summed E-state index contributed by atoms with van der Waals surface area (Å²) in [4.78, 5) is 0. The van der Waals surface area contributed by atoms with Gasteiger partial charge in [-0.05, 0) is 43.4 Å². The standard InChI is InChI=1S/C19H19.C18H17.2CH3.2ClH.Si.Zr/c1-12-5-6-15(4)17(9-12)19-11-14(3)8-16-7-13(2)10-18(16)19;1-13(2)16-11-15-9-6-10-17(18(15)12-16)14-7-4-3-5-8-14;;;;;;/h5-11H,1-4H3;3-13H,1-2H3;2*1H3;2*1H;;/q4*-1;;;;. The van der Waals surface area contributed by atoms with E-state index in [2.05, 4.69) is 152 Å². The molecule has 0 atom stereocenters. The van der Waals surface area contributed by atoms with Crippen LogP contribution in [0.15, 0.2) is 103 Å². The van der Waals surface area contributed by atoms with Gasteiger partial charge in [-0.25, -0.2) is 0 Å². The zero-order valence-electron chi connectivity index (χ0n) is 26.7. The molecule has 0 bridgehead atoms. The predicted octanol–water partition coefficient (Wildman–Crippen LogP) is 12.2. The van der Waals surface area contributed by atoms with Crippen LogP contribution in [0.3, 0.4) is 0 Å². The minimum atomic E-state index is 0. The van der Waals surface area contributed by atoms with Gasteiger partial charge in [0.05, 0.1) is 0 Å². The Kier molecular flexibility index (Phi) is 17.6. The van der Waals surface area contributed by atoms with Crippen molar-refractivity contribution in [2.75, 3.05) is 0 Å². The van der Waals surface area contributed by atoms with Crippen molar-refractivity contribution in [3.8, 4) is 22.3 Å². The van der Waals surface area contributed by atoms with Gasteiger partial charge < -0.3 is 14.9 Å². The number of hydrogen-bond donors (Lipinski definition) is 0. The monoisotopic (exact) mass is 700 g/mol. The van der Waals surface area contributed by atoms with E-state index in [0.29, 0.717) is 5.92 Å². The molecule has 2 radical (unpaired) electrons. The fraction of sp³-hybridized carbons (Fsp3) is 0.179. The molecule has 0 fully saturated rings. The zero-order chi connectivity index (χ0) is 28.1. The molecule has 226 valence electrons. The van der Waals surface area contributed by atoms with E-state index in [9.17, 15) is 0 Å². The van der Waals surface area contributed by atoms with E-state index in [-0.39, 0.29) is 39.7 Å². The summed E-state index contributed by atoms with van der Waals surface area (Å²) in [6.45, 7) is 16.3. The first-order valence-electron chi connectivity index (χ1n) is 13.6. The van der Waals surface area contributed by atoms with Gasteiger partial charge in [-0.3, -0.25) is 0 Å². The zero-order valence-corrected chi connectivity index (χ0v) is 31.8. The quantitative estimate of drug-likeness (QED) is 0.127. The number of hydrogen-bond acceptors (Lipinski definition) is 0. The molecular formula is C39H44Cl2SiZr-4. The number of rotatable bonds is 3. The summed E-state index contributed by atoms with van der Waals surface area (Å²) in [7, 11) is 0. The molecule has 6 rings (SSSR count). The summed E-state index contributed by atoms with van der Waals surface area (Å²) < 4.78 is 0. The maximum absolute atomic E-state index is 3.06. The van der Waals surface area contributed by atoms with Gasteiger partial charge in [0.2, 0.25) is 0 Å². The van der Waals surface area contributed by atoms with Crippen LogP contribution < -0.4 is 0 Å². The molecule has 0 unspecified atom stereocenters. The molecule has 0 aliphatic carbocycles. The van der Waals surface area contributed by atoms with E-state index < -0.39 is 0 Å². The van der Waals surface area contributed by atoms with E-state index in [1.165, 1.54) is 95.0 Å². The van der Waals surface area contributed by atoms with Crippen molar-refractivity contribution < 1.29 is 23.3 Å². The summed E-state index contributed by atoms with van der Waals surface area (Å²) >= 11 is 1.36. The Hall–Kier alpha value is -2.22. The molecule has 0 saturated carbocycles. The van der Waals surface area contributed by atoms with Crippen molar-refractivity contribution in [3.05, 3.63) is 146 Å². The molecule has 0 spiro atoms. The molecule has 6 aromatic carbocycles. The third-order valence-electron chi connectivity index (χ3n) is 7.32. The van der Waals surface area contributed by atoms with Crippen molar-refractivity contribution in [1.29, 1.82) is 0 Å². The van der Waals surface area contributed by atoms with Crippen LogP contribution in [0.25, 0.3) is 43.8 Å². The predicted molar refractivity (Wildman–Crippen MR) is 196 cm³/mol. The molecule has 0 amide bonds. The van der Waals surface area contributed by atoms with Gasteiger partial charge in [0.25, 0.3) is 0 Å². The number of aryl methyl sites for hydroxylation is 4. The second kappa shape index (κ2) is 18.6. The second-order valence-corrected chi connectivity index (χ2v) is 10.8. The minimum absolute atomic E-state index is 0. The third kappa shape index (κ3) is 9.63. The van der Waals surface area contributed by atoms with Gasteiger partial charge in [0, 0.05) is 0 Å². The number of fused-ring (bicyclic) bond motifs is 2. The van der Waals surface area contributed by atoms with Gasteiger partial charge in [0.15, 0.2) is 0 Å². The fourth-order valence-electron chi connectivity index (χ4n) is 5.33. The van der Waals surface area contributed by atoms with Gasteiger partial charge in [-0.15, -0.1) is 87.8 Å². The first-order chi connectivity index (χ1) is 18.8. The number of halogens is 2. The molecule has 0 aliphatic heterocycles. The Morgan fingerprint density at radius 2 is 1.21 bits per heavy atom. The summed E-state index contributed by atoms with van der Waals surface area (Å²) in [6.07, 6.45) is 0. The molecule has 0 aromatic heterocycles. The van der Waals surface area contributed by atoms with Crippen LogP contribution in [0.2, 0.25) is 0 Å². The van der Waals surface area contributed by atoms with Crippen molar-refractivity contribution in [3.63, 3.8) is 0 Å². The molecule has 4 heteroatoms. The fourth-order valence-corrected chi connectivity index (χ4v) is 5.33. The summed E-state index contributed by atoms with van der Waals surface area (Å²) in [5.41, 5.74) is 12.1. The molecule has 0 N–H and O–H groups in total. The van der Waals surface area contributed by atoms with E-state index in [1.807, 2.05) is 0 Å². The average Bonchev–Trinajstić information content (AvgIpc) is 3.55. The van der Waals surface area contributed by atoms with Gasteiger partial charge in [-0.2, -0.15) is 12.1 Å². The Balaban J connectivity index is 0.000000714. The summed E-state index contributed by atoms with van der Waals surface area (Å²) in [6, 6.07) is 37.7. The molecule has 0 aliphatic rings. The molecule has 6 aromatic rings. The Labute approximate surface area is 290 Å². The second-order valence-electron chi connectivity index (χ2n) is 10.8. The van der Waals surface area contributed by atoms with E-state index in [1.54, 1.807) is 0 Å². The molecule has 0 heterocycles. The van der Waals surface area contributed by atoms with Crippen molar-refractivity contribution in [1.82, 2.24) is 0 Å². The van der Waals surface area contributed by atoms with Crippen LogP contribution >= 0.6 is 24.8 Å². The van der Waals surface area contributed by atoms with Crippen LogP contribution in [0.5, 0.6) is 0 Å². The summed E-state index contributed by atoms with van der Waals surface area (Å²) in [5.74, 6) is 0.584. The van der Waals surface area contributed by atoms with E-state index in [0.717, 1.165) is 0 Å². The van der Waals surface area contributed by atoms with E-state index in [4.69, 9.17) is 0 Å². The first kappa shape index (κ1) is 40.8. The van der Waals surface area contributed by atoms with Gasteiger partial charge in [0.1, 0.15) is 0 Å². The van der Waals surface area contributed by atoms with Crippen LogP contribution in [-0.4, -0.2) is 6.88 Å². The average molecular weight is 703 g/mol.